The van der Waals surface area contributed by atoms with Gasteiger partial charge in [-0.15, -0.1) is 0 Å². The number of rotatable bonds is 15. The third kappa shape index (κ3) is 7.90. The minimum Gasteiger partial charge on any atom is -0.483 e. The van der Waals surface area contributed by atoms with Crippen LogP contribution in [0.1, 0.15) is 26.2 Å². The number of benzene rings is 3. The number of ether oxygens (including phenoxy) is 2. The molecule has 5 nitrogen and oxygen atoms in total. The van der Waals surface area contributed by atoms with Crippen LogP contribution in [0.25, 0.3) is 0 Å². The van der Waals surface area contributed by atoms with E-state index in [2.05, 4.69) is 6.92 Å². The molecule has 0 spiro atoms. The first-order valence-electron chi connectivity index (χ1n) is 12.2. The van der Waals surface area contributed by atoms with Crippen molar-refractivity contribution in [3.63, 3.8) is 0 Å². The number of para-hydroxylation sites is 3. The van der Waals surface area contributed by atoms with Crippen LogP contribution in [0.5, 0.6) is 17.2 Å². The van der Waals surface area contributed by atoms with E-state index in [9.17, 15) is 0 Å². The van der Waals surface area contributed by atoms with Crippen molar-refractivity contribution in [2.45, 2.75) is 38.3 Å². The highest BCUT2D eigenvalue weighted by molar-refractivity contribution is 6.63. The van der Waals surface area contributed by atoms with Crippen molar-refractivity contribution >= 4 is 8.80 Å². The summed E-state index contributed by atoms with van der Waals surface area (Å²) < 4.78 is 31.1. The van der Waals surface area contributed by atoms with E-state index in [1.165, 1.54) is 0 Å². The Kier molecular flexibility index (Phi) is 9.02. The van der Waals surface area contributed by atoms with Crippen molar-refractivity contribution in [2.24, 2.45) is 5.92 Å². The molecule has 1 saturated heterocycles. The van der Waals surface area contributed by atoms with E-state index in [1.54, 1.807) is 0 Å². The highest BCUT2D eigenvalue weighted by Crippen LogP contribution is 2.28. The highest BCUT2D eigenvalue weighted by atomic mass is 28.4. The second kappa shape index (κ2) is 12.6. The zero-order chi connectivity index (χ0) is 23.5. The van der Waals surface area contributed by atoms with Crippen molar-refractivity contribution < 1.29 is 22.8 Å². The van der Waals surface area contributed by atoms with Gasteiger partial charge in [0.2, 0.25) is 0 Å². The van der Waals surface area contributed by atoms with E-state index in [-0.39, 0.29) is 0 Å². The molecule has 1 aliphatic rings. The standard InChI is InChI=1S/C28H34O5Si/c1-2-24(21-28-23-30-28)22-29-19-12-20-34(31-25-13-6-3-7-14-25,32-26-15-8-4-9-16-26)33-27-17-10-5-11-18-27/h3-11,13-18,24,28H,2,12,19-23H2,1H3. The molecule has 0 aliphatic carbocycles. The molecular formula is C28H34O5Si. The second-order valence-electron chi connectivity index (χ2n) is 8.57. The summed E-state index contributed by atoms with van der Waals surface area (Å²) in [5.74, 6) is 2.74. The average molecular weight is 479 g/mol. The Balaban J connectivity index is 1.46. The lowest BCUT2D eigenvalue weighted by molar-refractivity contribution is 0.0900. The van der Waals surface area contributed by atoms with Gasteiger partial charge in [-0.25, -0.2) is 0 Å². The van der Waals surface area contributed by atoms with Crippen LogP contribution in [-0.4, -0.2) is 34.7 Å². The van der Waals surface area contributed by atoms with Gasteiger partial charge < -0.3 is 22.8 Å². The maximum atomic E-state index is 6.54. The molecule has 2 atom stereocenters. The van der Waals surface area contributed by atoms with E-state index in [4.69, 9.17) is 22.8 Å². The molecule has 180 valence electrons. The largest absolute Gasteiger partial charge is 0.699 e. The molecule has 1 aliphatic heterocycles. The first-order valence-corrected chi connectivity index (χ1v) is 14.1. The monoisotopic (exact) mass is 478 g/mol. The molecule has 0 saturated carbocycles. The van der Waals surface area contributed by atoms with E-state index in [0.717, 1.165) is 49.7 Å². The van der Waals surface area contributed by atoms with Gasteiger partial charge in [-0.2, -0.15) is 0 Å². The summed E-state index contributed by atoms with van der Waals surface area (Å²) in [6.45, 7) is 4.49. The van der Waals surface area contributed by atoms with Crippen molar-refractivity contribution in [1.29, 1.82) is 0 Å². The lowest BCUT2D eigenvalue weighted by Gasteiger charge is -2.30. The van der Waals surface area contributed by atoms with E-state index >= 15 is 0 Å². The van der Waals surface area contributed by atoms with Crippen LogP contribution >= 0.6 is 0 Å². The van der Waals surface area contributed by atoms with Crippen LogP contribution in [0.15, 0.2) is 91.0 Å². The van der Waals surface area contributed by atoms with Gasteiger partial charge in [-0.05, 0) is 55.2 Å². The van der Waals surface area contributed by atoms with E-state index < -0.39 is 8.80 Å². The Hall–Kier alpha value is -2.80. The lowest BCUT2D eigenvalue weighted by Crippen LogP contribution is -2.55. The quantitative estimate of drug-likeness (QED) is 0.144. The molecule has 3 aromatic rings. The summed E-state index contributed by atoms with van der Waals surface area (Å²) >= 11 is 0. The number of hydrogen-bond acceptors (Lipinski definition) is 5. The van der Waals surface area contributed by atoms with Crippen LogP contribution in [0, 0.1) is 5.92 Å². The Labute approximate surface area is 204 Å². The van der Waals surface area contributed by atoms with Gasteiger partial charge in [-0.3, -0.25) is 0 Å². The summed E-state index contributed by atoms with van der Waals surface area (Å²) in [6, 6.07) is 29.9. The Morgan fingerprint density at radius 2 is 1.26 bits per heavy atom. The fourth-order valence-corrected chi connectivity index (χ4v) is 6.28. The van der Waals surface area contributed by atoms with Gasteiger partial charge in [0.05, 0.1) is 18.8 Å². The third-order valence-electron chi connectivity index (χ3n) is 5.75. The van der Waals surface area contributed by atoms with Crippen molar-refractivity contribution in [3.8, 4) is 17.2 Å². The Bertz CT molecular complexity index is 849. The molecule has 4 rings (SSSR count). The van der Waals surface area contributed by atoms with Crippen molar-refractivity contribution in [3.05, 3.63) is 91.0 Å². The van der Waals surface area contributed by atoms with Gasteiger partial charge in [0.1, 0.15) is 17.2 Å². The van der Waals surface area contributed by atoms with Crippen LogP contribution in [0.2, 0.25) is 6.04 Å². The van der Waals surface area contributed by atoms with Crippen LogP contribution in [0.4, 0.5) is 0 Å². The SMILES string of the molecule is CCC(COCCC[Si](Oc1ccccc1)(Oc1ccccc1)Oc1ccccc1)CC1CO1. The molecule has 0 radical (unpaired) electrons. The summed E-state index contributed by atoms with van der Waals surface area (Å²) in [5, 5.41) is 0. The summed E-state index contributed by atoms with van der Waals surface area (Å²) in [5.41, 5.74) is 0. The fourth-order valence-electron chi connectivity index (χ4n) is 3.79. The maximum Gasteiger partial charge on any atom is 0.699 e. The smallest absolute Gasteiger partial charge is 0.483 e. The van der Waals surface area contributed by atoms with Gasteiger partial charge in [0.25, 0.3) is 0 Å². The molecule has 34 heavy (non-hydrogen) atoms. The Morgan fingerprint density at radius 3 is 1.68 bits per heavy atom. The first kappa shape index (κ1) is 24.3. The molecular weight excluding hydrogens is 444 g/mol. The van der Waals surface area contributed by atoms with Crippen LogP contribution in [-0.2, 0) is 9.47 Å². The van der Waals surface area contributed by atoms with Crippen LogP contribution in [0.3, 0.4) is 0 Å². The highest BCUT2D eigenvalue weighted by Gasteiger charge is 2.48. The van der Waals surface area contributed by atoms with E-state index in [1.807, 2.05) is 91.0 Å². The van der Waals surface area contributed by atoms with Crippen LogP contribution < -0.4 is 13.3 Å². The molecule has 0 amide bonds. The number of epoxide rings is 1. The predicted molar refractivity (Wildman–Crippen MR) is 135 cm³/mol. The van der Waals surface area contributed by atoms with Gasteiger partial charge in [-0.1, -0.05) is 67.9 Å². The molecule has 0 bridgehead atoms. The van der Waals surface area contributed by atoms with Gasteiger partial charge in [0.15, 0.2) is 0 Å². The molecule has 2 unspecified atom stereocenters. The molecule has 6 heteroatoms. The zero-order valence-electron chi connectivity index (χ0n) is 19.8. The first-order chi connectivity index (χ1) is 16.7. The minimum atomic E-state index is -3.22. The Morgan fingerprint density at radius 1 is 0.794 bits per heavy atom. The van der Waals surface area contributed by atoms with Crippen molar-refractivity contribution in [2.75, 3.05) is 19.8 Å². The number of hydrogen-bond donors (Lipinski definition) is 0. The normalized spacial score (nSPS) is 16.0. The van der Waals surface area contributed by atoms with Gasteiger partial charge in [0, 0.05) is 13.2 Å². The molecule has 3 aromatic carbocycles. The minimum absolute atomic E-state index is 0.437. The lowest BCUT2D eigenvalue weighted by atomic mass is 10.0. The second-order valence-corrected chi connectivity index (χ2v) is 11.1. The summed E-state index contributed by atoms with van der Waals surface area (Å²) in [4.78, 5) is 0. The molecule has 1 heterocycles. The van der Waals surface area contributed by atoms with Gasteiger partial charge >= 0.3 is 8.80 Å². The predicted octanol–water partition coefficient (Wildman–Crippen LogP) is 6.38. The third-order valence-corrected chi connectivity index (χ3v) is 8.36. The maximum absolute atomic E-state index is 6.54. The van der Waals surface area contributed by atoms with Crippen molar-refractivity contribution in [1.82, 2.24) is 0 Å². The summed E-state index contributed by atoms with van der Waals surface area (Å²) in [6.07, 6.45) is 3.39. The topological polar surface area (TPSA) is 49.5 Å². The fraction of sp³-hybridized carbons (Fsp3) is 0.357. The summed E-state index contributed by atoms with van der Waals surface area (Å²) in [7, 11) is -3.22. The van der Waals surface area contributed by atoms with E-state index in [0.29, 0.717) is 24.7 Å². The molecule has 0 N–H and O–H groups in total. The molecule has 1 fully saturated rings. The zero-order valence-corrected chi connectivity index (χ0v) is 20.8. The molecule has 0 aromatic heterocycles. The average Bonchev–Trinajstić information content (AvgIpc) is 3.69.